The highest BCUT2D eigenvalue weighted by Crippen LogP contribution is 2.43. The van der Waals surface area contributed by atoms with Crippen LogP contribution in [-0.2, 0) is 0 Å². The predicted molar refractivity (Wildman–Crippen MR) is 78.8 cm³/mol. The molecule has 2 aliphatic carbocycles. The van der Waals surface area contributed by atoms with Crippen LogP contribution in [0.5, 0.6) is 0 Å². The zero-order chi connectivity index (χ0) is 12.3. The summed E-state index contributed by atoms with van der Waals surface area (Å²) in [5, 5.41) is 0. The van der Waals surface area contributed by atoms with Crippen LogP contribution in [-0.4, -0.2) is 29.8 Å². The summed E-state index contributed by atoms with van der Waals surface area (Å²) in [4.78, 5) is 2.81. The van der Waals surface area contributed by atoms with Gasteiger partial charge in [-0.05, 0) is 42.8 Å². The van der Waals surface area contributed by atoms with E-state index >= 15 is 0 Å². The van der Waals surface area contributed by atoms with Crippen LogP contribution in [0.3, 0.4) is 0 Å². The summed E-state index contributed by atoms with van der Waals surface area (Å²) in [6, 6.07) is 0.884. The van der Waals surface area contributed by atoms with Gasteiger partial charge >= 0.3 is 0 Å². The van der Waals surface area contributed by atoms with Crippen LogP contribution in [0.4, 0.5) is 0 Å². The van der Waals surface area contributed by atoms with Crippen molar-refractivity contribution < 1.29 is 0 Å². The second kappa shape index (κ2) is 5.97. The van der Waals surface area contributed by atoms with Crippen molar-refractivity contribution in [2.75, 3.05) is 18.8 Å². The molecule has 0 unspecified atom stereocenters. The van der Waals surface area contributed by atoms with Crippen LogP contribution >= 0.6 is 12.6 Å². The van der Waals surface area contributed by atoms with E-state index in [0.29, 0.717) is 5.41 Å². The Hall–Kier alpha value is 0.310. The van der Waals surface area contributed by atoms with Gasteiger partial charge in [0.1, 0.15) is 0 Å². The predicted octanol–water partition coefficient (Wildman–Crippen LogP) is 3.99. The molecule has 2 heteroatoms. The normalized spacial score (nSPS) is 24.5. The monoisotopic (exact) mass is 255 g/mol. The van der Waals surface area contributed by atoms with E-state index in [1.807, 2.05) is 0 Å². The van der Waals surface area contributed by atoms with Crippen molar-refractivity contribution in [3.05, 3.63) is 0 Å². The average Bonchev–Trinajstić information content (AvgIpc) is 2.74. The van der Waals surface area contributed by atoms with Gasteiger partial charge in [-0.2, -0.15) is 12.6 Å². The summed E-state index contributed by atoms with van der Waals surface area (Å²) < 4.78 is 0. The largest absolute Gasteiger partial charge is 0.300 e. The van der Waals surface area contributed by atoms with Gasteiger partial charge in [-0.1, -0.05) is 33.1 Å². The first-order valence-electron chi connectivity index (χ1n) is 7.50. The Morgan fingerprint density at radius 2 is 1.82 bits per heavy atom. The van der Waals surface area contributed by atoms with E-state index in [0.717, 1.165) is 17.7 Å². The van der Waals surface area contributed by atoms with E-state index in [2.05, 4.69) is 31.4 Å². The number of hydrogen-bond donors (Lipinski definition) is 1. The van der Waals surface area contributed by atoms with Crippen LogP contribution in [0.1, 0.15) is 58.8 Å². The van der Waals surface area contributed by atoms with E-state index in [1.165, 1.54) is 58.0 Å². The summed E-state index contributed by atoms with van der Waals surface area (Å²) in [5.74, 6) is 1.89. The first-order chi connectivity index (χ1) is 8.15. The quantitative estimate of drug-likeness (QED) is 0.703. The molecule has 0 saturated heterocycles. The third-order valence-electron chi connectivity index (χ3n) is 4.73. The molecule has 2 saturated carbocycles. The van der Waals surface area contributed by atoms with Crippen molar-refractivity contribution >= 4 is 12.6 Å². The van der Waals surface area contributed by atoms with Crippen LogP contribution < -0.4 is 0 Å². The van der Waals surface area contributed by atoms with Gasteiger partial charge in [-0.25, -0.2) is 0 Å². The molecule has 1 nitrogen and oxygen atoms in total. The highest BCUT2D eigenvalue weighted by Gasteiger charge is 2.39. The maximum atomic E-state index is 4.61. The first kappa shape index (κ1) is 13.7. The molecule has 0 radical (unpaired) electrons. The van der Waals surface area contributed by atoms with Crippen molar-refractivity contribution in [3.63, 3.8) is 0 Å². The zero-order valence-electron chi connectivity index (χ0n) is 11.6. The van der Waals surface area contributed by atoms with Gasteiger partial charge in [0.05, 0.1) is 0 Å². The lowest BCUT2D eigenvalue weighted by Crippen LogP contribution is -2.48. The SMILES string of the molecule is CC(C)CN(CC1(CS)CCC1)C1CCCC1. The average molecular weight is 255 g/mol. The maximum absolute atomic E-state index is 4.61. The minimum atomic E-state index is 0.570. The smallest absolute Gasteiger partial charge is 0.00956 e. The molecule has 0 bridgehead atoms. The molecular formula is C15H29NS. The van der Waals surface area contributed by atoms with Gasteiger partial charge in [-0.3, -0.25) is 4.90 Å². The standard InChI is InChI=1S/C15H29NS/c1-13(2)10-16(14-6-3-4-7-14)11-15(12-17)8-5-9-15/h13-14,17H,3-12H2,1-2H3. The number of rotatable bonds is 6. The van der Waals surface area contributed by atoms with Crippen molar-refractivity contribution in [2.24, 2.45) is 11.3 Å². The Bertz CT molecular complexity index is 224. The second-order valence-electron chi connectivity index (χ2n) is 6.77. The fraction of sp³-hybridized carbons (Fsp3) is 1.00. The third kappa shape index (κ3) is 3.41. The number of hydrogen-bond acceptors (Lipinski definition) is 2. The highest BCUT2D eigenvalue weighted by atomic mass is 32.1. The van der Waals surface area contributed by atoms with Crippen LogP contribution in [0.2, 0.25) is 0 Å². The van der Waals surface area contributed by atoms with Crippen LogP contribution in [0.15, 0.2) is 0 Å². The van der Waals surface area contributed by atoms with E-state index < -0.39 is 0 Å². The Morgan fingerprint density at radius 3 is 2.24 bits per heavy atom. The lowest BCUT2D eigenvalue weighted by molar-refractivity contribution is 0.0574. The van der Waals surface area contributed by atoms with Gasteiger partial charge in [0.2, 0.25) is 0 Å². The lowest BCUT2D eigenvalue weighted by Gasteiger charge is -2.46. The van der Waals surface area contributed by atoms with Gasteiger partial charge in [0.15, 0.2) is 0 Å². The number of nitrogens with zero attached hydrogens (tertiary/aromatic N) is 1. The Balaban J connectivity index is 1.94. The van der Waals surface area contributed by atoms with Gasteiger partial charge in [-0.15, -0.1) is 0 Å². The first-order valence-corrected chi connectivity index (χ1v) is 8.13. The molecule has 0 aromatic heterocycles. The topological polar surface area (TPSA) is 3.24 Å². The minimum absolute atomic E-state index is 0.570. The molecule has 100 valence electrons. The molecule has 0 N–H and O–H groups in total. The highest BCUT2D eigenvalue weighted by molar-refractivity contribution is 7.80. The summed E-state index contributed by atoms with van der Waals surface area (Å²) in [7, 11) is 0. The molecule has 0 aromatic carbocycles. The van der Waals surface area contributed by atoms with Crippen molar-refractivity contribution in [1.29, 1.82) is 0 Å². The van der Waals surface area contributed by atoms with E-state index in [9.17, 15) is 0 Å². The van der Waals surface area contributed by atoms with Crippen molar-refractivity contribution in [3.8, 4) is 0 Å². The Labute approximate surface area is 113 Å². The Morgan fingerprint density at radius 1 is 1.18 bits per heavy atom. The van der Waals surface area contributed by atoms with Crippen molar-refractivity contribution in [1.82, 2.24) is 4.90 Å². The lowest BCUT2D eigenvalue weighted by atomic mass is 9.69. The second-order valence-corrected chi connectivity index (χ2v) is 7.09. The molecule has 0 atom stereocenters. The van der Waals surface area contributed by atoms with E-state index in [-0.39, 0.29) is 0 Å². The fourth-order valence-corrected chi connectivity index (χ4v) is 3.97. The van der Waals surface area contributed by atoms with Gasteiger partial charge < -0.3 is 0 Å². The summed E-state index contributed by atoms with van der Waals surface area (Å²) in [5.41, 5.74) is 0.570. The molecule has 0 spiro atoms. The summed E-state index contributed by atoms with van der Waals surface area (Å²) in [6.07, 6.45) is 10.0. The fourth-order valence-electron chi connectivity index (χ4n) is 3.55. The van der Waals surface area contributed by atoms with Crippen LogP contribution in [0, 0.1) is 11.3 Å². The maximum Gasteiger partial charge on any atom is 0.00956 e. The van der Waals surface area contributed by atoms with E-state index in [4.69, 9.17) is 0 Å². The summed E-state index contributed by atoms with van der Waals surface area (Å²) in [6.45, 7) is 7.33. The molecule has 2 fully saturated rings. The van der Waals surface area contributed by atoms with Crippen LogP contribution in [0.25, 0.3) is 0 Å². The zero-order valence-corrected chi connectivity index (χ0v) is 12.5. The molecule has 2 rings (SSSR count). The minimum Gasteiger partial charge on any atom is -0.300 e. The molecule has 0 aliphatic heterocycles. The summed E-state index contributed by atoms with van der Waals surface area (Å²) >= 11 is 4.61. The molecule has 0 aromatic rings. The third-order valence-corrected chi connectivity index (χ3v) is 5.40. The molecular weight excluding hydrogens is 226 g/mol. The molecule has 0 amide bonds. The van der Waals surface area contributed by atoms with E-state index in [1.54, 1.807) is 0 Å². The molecule has 0 heterocycles. The van der Waals surface area contributed by atoms with Gasteiger partial charge in [0.25, 0.3) is 0 Å². The molecule has 2 aliphatic rings. The van der Waals surface area contributed by atoms with Gasteiger partial charge in [0, 0.05) is 19.1 Å². The Kier molecular flexibility index (Phi) is 4.82. The molecule has 17 heavy (non-hydrogen) atoms. The number of thiol groups is 1. The van der Waals surface area contributed by atoms with Crippen molar-refractivity contribution in [2.45, 2.75) is 64.8 Å².